The van der Waals surface area contributed by atoms with Gasteiger partial charge in [-0.1, -0.05) is 42.2 Å². The molecule has 0 aromatic heterocycles. The molecule has 154 valence electrons. The van der Waals surface area contributed by atoms with E-state index in [1.807, 2.05) is 30.3 Å². The Bertz CT molecular complexity index is 699. The largest absolute Gasteiger partial charge is 0.444 e. The van der Waals surface area contributed by atoms with Crippen LogP contribution in [0.15, 0.2) is 30.3 Å². The number of ether oxygens (including phenoxy) is 3. The molecule has 1 aliphatic heterocycles. The topological polar surface area (TPSA) is 68.2 Å². The summed E-state index contributed by atoms with van der Waals surface area (Å²) < 4.78 is 16.7. The molecule has 0 saturated carbocycles. The van der Waals surface area contributed by atoms with Crippen LogP contribution >= 0.6 is 0 Å². The first-order valence-electron chi connectivity index (χ1n) is 9.52. The van der Waals surface area contributed by atoms with Crippen molar-refractivity contribution in [3.8, 4) is 11.8 Å². The SMILES string of the molecule is CC(C)(C)OC(=O)N1[C@H](C(O)CC#CCOCc2ccccc2)COC1(C)C. The predicted octanol–water partition coefficient (Wildman–Crippen LogP) is 3.33. The molecule has 0 spiro atoms. The lowest BCUT2D eigenvalue weighted by Crippen LogP contribution is -2.53. The van der Waals surface area contributed by atoms with Crippen molar-refractivity contribution in [3.05, 3.63) is 35.9 Å². The molecule has 0 radical (unpaired) electrons. The summed E-state index contributed by atoms with van der Waals surface area (Å²) in [6.45, 7) is 10.0. The summed E-state index contributed by atoms with van der Waals surface area (Å²) in [5.41, 5.74) is -0.385. The first-order valence-corrected chi connectivity index (χ1v) is 9.52. The second-order valence-electron chi connectivity index (χ2n) is 8.28. The van der Waals surface area contributed by atoms with Gasteiger partial charge in [0.1, 0.15) is 17.9 Å². The quantitative estimate of drug-likeness (QED) is 0.618. The average Bonchev–Trinajstić information content (AvgIpc) is 2.92. The fourth-order valence-electron chi connectivity index (χ4n) is 2.94. The van der Waals surface area contributed by atoms with Gasteiger partial charge in [0.25, 0.3) is 0 Å². The van der Waals surface area contributed by atoms with E-state index in [0.717, 1.165) is 5.56 Å². The molecule has 1 saturated heterocycles. The molecule has 1 aromatic rings. The third-order valence-corrected chi connectivity index (χ3v) is 4.28. The third-order valence-electron chi connectivity index (χ3n) is 4.28. The molecule has 0 bridgehead atoms. The Kier molecular flexibility index (Phi) is 7.48. The summed E-state index contributed by atoms with van der Waals surface area (Å²) in [6.07, 6.45) is -1.12. The molecule has 1 heterocycles. The Balaban J connectivity index is 1.86. The number of rotatable bonds is 5. The van der Waals surface area contributed by atoms with Crippen LogP contribution in [-0.4, -0.2) is 52.8 Å². The molecule has 6 heteroatoms. The highest BCUT2D eigenvalue weighted by Crippen LogP contribution is 2.31. The highest BCUT2D eigenvalue weighted by atomic mass is 16.6. The average molecular weight is 389 g/mol. The second kappa shape index (κ2) is 9.42. The molecule has 2 atom stereocenters. The van der Waals surface area contributed by atoms with E-state index in [-0.39, 0.29) is 19.6 Å². The van der Waals surface area contributed by atoms with E-state index in [1.165, 1.54) is 4.90 Å². The van der Waals surface area contributed by atoms with Gasteiger partial charge in [0.05, 0.1) is 25.4 Å². The van der Waals surface area contributed by atoms with Crippen LogP contribution in [0.5, 0.6) is 0 Å². The van der Waals surface area contributed by atoms with Gasteiger partial charge in [0, 0.05) is 6.42 Å². The van der Waals surface area contributed by atoms with E-state index in [2.05, 4.69) is 11.8 Å². The molecular weight excluding hydrogens is 358 g/mol. The number of hydrogen-bond acceptors (Lipinski definition) is 5. The van der Waals surface area contributed by atoms with Crippen molar-refractivity contribution < 1.29 is 24.1 Å². The van der Waals surface area contributed by atoms with Gasteiger partial charge >= 0.3 is 6.09 Å². The number of carbonyl (C=O) groups is 1. The smallest absolute Gasteiger partial charge is 0.412 e. The molecule has 1 N–H and O–H groups in total. The fraction of sp³-hybridized carbons (Fsp3) is 0.591. The van der Waals surface area contributed by atoms with Gasteiger partial charge in [-0.25, -0.2) is 4.79 Å². The second-order valence-corrected chi connectivity index (χ2v) is 8.28. The molecule has 1 aliphatic rings. The van der Waals surface area contributed by atoms with Crippen LogP contribution in [0.25, 0.3) is 0 Å². The van der Waals surface area contributed by atoms with Gasteiger partial charge in [0.15, 0.2) is 0 Å². The first-order chi connectivity index (χ1) is 13.1. The molecule has 1 aromatic carbocycles. The van der Waals surface area contributed by atoms with Crippen molar-refractivity contribution >= 4 is 6.09 Å². The Hall–Kier alpha value is -2.07. The summed E-state index contributed by atoms with van der Waals surface area (Å²) >= 11 is 0. The van der Waals surface area contributed by atoms with Gasteiger partial charge in [-0.05, 0) is 40.2 Å². The van der Waals surface area contributed by atoms with Crippen molar-refractivity contribution in [1.82, 2.24) is 4.90 Å². The Morgan fingerprint density at radius 1 is 1.32 bits per heavy atom. The number of aliphatic hydroxyl groups excluding tert-OH is 1. The summed E-state index contributed by atoms with van der Waals surface area (Å²) in [5.74, 6) is 5.83. The van der Waals surface area contributed by atoms with Crippen molar-refractivity contribution in [1.29, 1.82) is 0 Å². The van der Waals surface area contributed by atoms with Gasteiger partial charge < -0.3 is 19.3 Å². The highest BCUT2D eigenvalue weighted by molar-refractivity contribution is 5.70. The Labute approximate surface area is 167 Å². The number of aliphatic hydroxyl groups is 1. The maximum atomic E-state index is 12.6. The lowest BCUT2D eigenvalue weighted by molar-refractivity contribution is -0.0675. The molecule has 1 unspecified atom stereocenters. The Morgan fingerprint density at radius 3 is 2.64 bits per heavy atom. The minimum atomic E-state index is -0.847. The minimum Gasteiger partial charge on any atom is -0.444 e. The van der Waals surface area contributed by atoms with Crippen molar-refractivity contribution in [3.63, 3.8) is 0 Å². The molecule has 0 aliphatic carbocycles. The number of amides is 1. The van der Waals surface area contributed by atoms with Crippen LogP contribution in [0.4, 0.5) is 4.79 Å². The van der Waals surface area contributed by atoms with Crippen molar-refractivity contribution in [2.75, 3.05) is 13.2 Å². The highest BCUT2D eigenvalue weighted by Gasteiger charge is 2.48. The maximum Gasteiger partial charge on any atom is 0.412 e. The number of carbonyl (C=O) groups excluding carboxylic acids is 1. The molecule has 1 amide bonds. The normalized spacial score (nSPS) is 19.6. The minimum absolute atomic E-state index is 0.220. The molecule has 2 rings (SSSR count). The zero-order valence-electron chi connectivity index (χ0n) is 17.4. The maximum absolute atomic E-state index is 12.6. The monoisotopic (exact) mass is 389 g/mol. The summed E-state index contributed by atoms with van der Waals surface area (Å²) in [4.78, 5) is 14.1. The zero-order chi connectivity index (χ0) is 20.8. The van der Waals surface area contributed by atoms with Crippen LogP contribution < -0.4 is 0 Å². The standard InChI is InChI=1S/C22H31NO5/c1-21(2,3)28-20(25)23-18(16-27-22(23,4)5)19(24)13-9-10-14-26-15-17-11-7-6-8-12-17/h6-8,11-12,18-19,24H,13-16H2,1-5H3/t18-,19?/m0/s1. The van der Waals surface area contributed by atoms with Gasteiger partial charge in [-0.15, -0.1) is 0 Å². The van der Waals surface area contributed by atoms with E-state index >= 15 is 0 Å². The number of hydrogen-bond donors (Lipinski definition) is 1. The Morgan fingerprint density at radius 2 is 2.00 bits per heavy atom. The van der Waals surface area contributed by atoms with Gasteiger partial charge in [-0.2, -0.15) is 0 Å². The lowest BCUT2D eigenvalue weighted by atomic mass is 10.1. The molecule has 1 fully saturated rings. The third kappa shape index (κ3) is 6.52. The van der Waals surface area contributed by atoms with E-state index < -0.39 is 29.6 Å². The van der Waals surface area contributed by atoms with Gasteiger partial charge in [0.2, 0.25) is 0 Å². The van der Waals surface area contributed by atoms with Crippen LogP contribution in [0.3, 0.4) is 0 Å². The van der Waals surface area contributed by atoms with Crippen LogP contribution in [0.2, 0.25) is 0 Å². The number of nitrogens with zero attached hydrogens (tertiary/aromatic N) is 1. The van der Waals surface area contributed by atoms with E-state index in [0.29, 0.717) is 6.61 Å². The van der Waals surface area contributed by atoms with E-state index in [4.69, 9.17) is 14.2 Å². The number of benzene rings is 1. The van der Waals surface area contributed by atoms with Crippen molar-refractivity contribution in [2.45, 2.75) is 71.1 Å². The lowest BCUT2D eigenvalue weighted by Gasteiger charge is -2.36. The molecule has 6 nitrogen and oxygen atoms in total. The fourth-order valence-corrected chi connectivity index (χ4v) is 2.94. The zero-order valence-corrected chi connectivity index (χ0v) is 17.4. The predicted molar refractivity (Wildman–Crippen MR) is 106 cm³/mol. The molecular formula is C22H31NO5. The summed E-state index contributed by atoms with van der Waals surface area (Å²) in [6, 6.07) is 9.35. The molecule has 28 heavy (non-hydrogen) atoms. The van der Waals surface area contributed by atoms with Crippen LogP contribution in [-0.2, 0) is 20.8 Å². The first kappa shape index (κ1) is 22.2. The van der Waals surface area contributed by atoms with Crippen LogP contribution in [0.1, 0.15) is 46.6 Å². The summed E-state index contributed by atoms with van der Waals surface area (Å²) in [7, 11) is 0. The van der Waals surface area contributed by atoms with Crippen LogP contribution in [0, 0.1) is 11.8 Å². The van der Waals surface area contributed by atoms with E-state index in [9.17, 15) is 9.90 Å². The van der Waals surface area contributed by atoms with Crippen molar-refractivity contribution in [2.24, 2.45) is 0 Å². The van der Waals surface area contributed by atoms with E-state index in [1.54, 1.807) is 34.6 Å². The van der Waals surface area contributed by atoms with Gasteiger partial charge in [-0.3, -0.25) is 4.90 Å². The summed E-state index contributed by atoms with van der Waals surface area (Å²) in [5, 5.41) is 10.6.